The first-order valence-electron chi connectivity index (χ1n) is 4.40. The Kier molecular flexibility index (Phi) is 6.17. The van der Waals surface area contributed by atoms with Crippen molar-refractivity contribution in [2.45, 2.75) is 31.1 Å². The van der Waals surface area contributed by atoms with Crippen molar-refractivity contribution in [1.82, 2.24) is 0 Å². The quantitative estimate of drug-likeness (QED) is 0.344. The lowest BCUT2D eigenvalue weighted by atomic mass is 10.1. The van der Waals surface area contributed by atoms with Gasteiger partial charge in [0.05, 0.1) is 0 Å². The smallest absolute Gasteiger partial charge is 0.0110 e. The SMILES string of the molecule is CC1=CC=C(CC(C)C(C)I)I=I1. The van der Waals surface area contributed by atoms with Crippen LogP contribution in [0.1, 0.15) is 27.2 Å². The zero-order valence-corrected chi connectivity index (χ0v) is 14.6. The van der Waals surface area contributed by atoms with Crippen LogP contribution in [-0.4, -0.2) is 3.92 Å². The van der Waals surface area contributed by atoms with Gasteiger partial charge in [0.1, 0.15) is 0 Å². The van der Waals surface area contributed by atoms with Crippen LogP contribution >= 0.6 is 55.8 Å². The Morgan fingerprint density at radius 2 is 2.00 bits per heavy atom. The Bertz CT molecular complexity index is 261. The lowest BCUT2D eigenvalue weighted by Crippen LogP contribution is -2.05. The molecule has 0 radical (unpaired) electrons. The highest BCUT2D eigenvalue weighted by Gasteiger charge is 2.10. The van der Waals surface area contributed by atoms with Crippen LogP contribution in [0.5, 0.6) is 0 Å². The standard InChI is InChI=1S/C10H15I3/c1-7(9(3)11)6-10-5-4-8(2)12-13-10/h4-5,7,9H,6H2,1-3H3. The van der Waals surface area contributed by atoms with Gasteiger partial charge >= 0.3 is 0 Å². The lowest BCUT2D eigenvalue weighted by Gasteiger charge is -2.14. The van der Waals surface area contributed by atoms with Crippen LogP contribution in [0.25, 0.3) is 0 Å². The van der Waals surface area contributed by atoms with Gasteiger partial charge in [0.25, 0.3) is 0 Å². The molecule has 0 saturated carbocycles. The van der Waals surface area contributed by atoms with Gasteiger partial charge < -0.3 is 0 Å². The van der Waals surface area contributed by atoms with Crippen LogP contribution in [-0.2, 0) is 0 Å². The Morgan fingerprint density at radius 3 is 2.46 bits per heavy atom. The van der Waals surface area contributed by atoms with Gasteiger partial charge in [-0.2, -0.15) is 0 Å². The van der Waals surface area contributed by atoms with E-state index in [4.69, 9.17) is 0 Å². The van der Waals surface area contributed by atoms with E-state index in [2.05, 4.69) is 55.5 Å². The average molecular weight is 516 g/mol. The van der Waals surface area contributed by atoms with E-state index in [1.807, 2.05) is 0 Å². The minimum atomic E-state index is 0.449. The van der Waals surface area contributed by atoms with Crippen LogP contribution in [0, 0.1) is 5.92 Å². The summed E-state index contributed by atoms with van der Waals surface area (Å²) in [5, 5.41) is 0. The summed E-state index contributed by atoms with van der Waals surface area (Å²) in [7, 11) is 0. The summed E-state index contributed by atoms with van der Waals surface area (Å²) in [6.07, 6.45) is 6.12. The zero-order valence-electron chi connectivity index (χ0n) is 8.15. The van der Waals surface area contributed by atoms with Crippen molar-refractivity contribution in [2.75, 3.05) is 0 Å². The highest BCUT2D eigenvalue weighted by Crippen LogP contribution is 2.40. The van der Waals surface area contributed by atoms with Gasteiger partial charge in [-0.3, -0.25) is 0 Å². The minimum Gasteiger partial charge on any atom is -0.0826 e. The van der Waals surface area contributed by atoms with Crippen molar-refractivity contribution in [3.63, 3.8) is 0 Å². The molecular weight excluding hydrogens is 501 g/mol. The Hall–Kier alpha value is 1.67. The first-order chi connectivity index (χ1) is 6.09. The van der Waals surface area contributed by atoms with Crippen LogP contribution < -0.4 is 0 Å². The number of alkyl halides is 1. The number of halogens is 3. The predicted molar refractivity (Wildman–Crippen MR) is 87.1 cm³/mol. The van der Waals surface area contributed by atoms with Gasteiger partial charge in [0.15, 0.2) is 0 Å². The number of allylic oxidation sites excluding steroid dienone is 4. The highest BCUT2D eigenvalue weighted by molar-refractivity contribution is 14.8. The van der Waals surface area contributed by atoms with E-state index < -0.39 is 0 Å². The van der Waals surface area contributed by atoms with Crippen molar-refractivity contribution >= 4 is 55.8 Å². The lowest BCUT2D eigenvalue weighted by molar-refractivity contribution is 0.600. The number of rotatable bonds is 3. The summed E-state index contributed by atoms with van der Waals surface area (Å²) in [5.74, 6) is 0.863. The molecule has 1 aliphatic heterocycles. The van der Waals surface area contributed by atoms with E-state index in [1.165, 1.54) is 6.42 Å². The molecule has 0 fully saturated rings. The Labute approximate surface area is 110 Å². The second kappa shape index (κ2) is 6.30. The van der Waals surface area contributed by atoms with E-state index >= 15 is 0 Å². The third-order valence-corrected chi connectivity index (χ3v) is 15.0. The van der Waals surface area contributed by atoms with E-state index in [1.54, 1.807) is 7.16 Å². The molecule has 1 aliphatic rings. The third-order valence-electron chi connectivity index (χ3n) is 2.04. The highest BCUT2D eigenvalue weighted by atomic mass is 128. The molecule has 13 heavy (non-hydrogen) atoms. The zero-order chi connectivity index (χ0) is 9.84. The summed E-state index contributed by atoms with van der Waals surface area (Å²) in [5.41, 5.74) is 0. The molecule has 0 nitrogen and oxygen atoms in total. The van der Waals surface area contributed by atoms with E-state index in [0.29, 0.717) is 33.2 Å². The second-order valence-corrected chi connectivity index (χ2v) is 14.7. The molecule has 1 heterocycles. The normalized spacial score (nSPS) is 21.8. The summed E-state index contributed by atoms with van der Waals surface area (Å²) >= 11 is 3.46. The molecule has 0 amide bonds. The minimum absolute atomic E-state index is 0.449. The molecule has 0 aromatic carbocycles. The molecule has 2 unspecified atom stereocenters. The summed E-state index contributed by atoms with van der Waals surface area (Å²) in [4.78, 5) is 0. The van der Waals surface area contributed by atoms with Crippen molar-refractivity contribution in [2.24, 2.45) is 5.92 Å². The van der Waals surface area contributed by atoms with E-state index in [9.17, 15) is 0 Å². The molecule has 0 saturated heterocycles. The maximum Gasteiger partial charge on any atom is 0.0110 e. The number of hydrogen-bond acceptors (Lipinski definition) is 0. The fraction of sp³-hybridized carbons (Fsp3) is 0.600. The fourth-order valence-electron chi connectivity index (χ4n) is 0.922. The molecular formula is C10H15I3. The molecule has 1 rings (SSSR count). The third kappa shape index (κ3) is 4.81. The molecule has 0 bridgehead atoms. The summed E-state index contributed by atoms with van der Waals surface area (Å²) in [6, 6.07) is 0. The topological polar surface area (TPSA) is 0 Å². The van der Waals surface area contributed by atoms with Crippen LogP contribution in [0.2, 0.25) is 0 Å². The largest absolute Gasteiger partial charge is 0.0826 e. The van der Waals surface area contributed by atoms with Crippen molar-refractivity contribution in [3.05, 3.63) is 19.3 Å². The first-order valence-corrected chi connectivity index (χ1v) is 14.1. The van der Waals surface area contributed by atoms with Gasteiger partial charge in [-0.15, -0.1) is 0 Å². The van der Waals surface area contributed by atoms with Crippen molar-refractivity contribution < 1.29 is 0 Å². The van der Waals surface area contributed by atoms with Crippen molar-refractivity contribution in [1.29, 1.82) is 0 Å². The molecule has 0 aromatic heterocycles. The molecule has 2 atom stereocenters. The maximum absolute atomic E-state index is 2.55. The molecule has 76 valence electrons. The summed E-state index contributed by atoms with van der Waals surface area (Å²) < 4.78 is 4.30. The average Bonchev–Trinajstić information content (AvgIpc) is 2.08. The van der Waals surface area contributed by atoms with Gasteiger partial charge in [-0.1, -0.05) is 48.6 Å². The van der Waals surface area contributed by atoms with E-state index in [-0.39, 0.29) is 0 Å². The maximum atomic E-state index is 2.55. The molecule has 3 heteroatoms. The molecule has 0 aliphatic carbocycles. The van der Waals surface area contributed by atoms with Gasteiger partial charge in [0.2, 0.25) is 0 Å². The Morgan fingerprint density at radius 1 is 1.31 bits per heavy atom. The van der Waals surface area contributed by atoms with Crippen LogP contribution in [0.15, 0.2) is 19.3 Å². The molecule has 0 aromatic rings. The monoisotopic (exact) mass is 516 g/mol. The van der Waals surface area contributed by atoms with Gasteiger partial charge in [-0.05, 0) is 59.6 Å². The van der Waals surface area contributed by atoms with E-state index in [0.717, 1.165) is 9.84 Å². The predicted octanol–water partition coefficient (Wildman–Crippen LogP) is 5.49. The summed E-state index contributed by atoms with van der Waals surface area (Å²) in [6.45, 7) is 7.00. The molecule has 0 N–H and O–H groups in total. The van der Waals surface area contributed by atoms with Gasteiger partial charge in [-0.25, -0.2) is 0 Å². The van der Waals surface area contributed by atoms with Crippen LogP contribution in [0.3, 0.4) is 0 Å². The first kappa shape index (κ1) is 12.7. The van der Waals surface area contributed by atoms with Gasteiger partial charge in [0, 0.05) is 3.92 Å². The van der Waals surface area contributed by atoms with Crippen molar-refractivity contribution in [3.8, 4) is 0 Å². The number of hydrogen-bond donors (Lipinski definition) is 0. The Balaban J connectivity index is 2.53. The van der Waals surface area contributed by atoms with Crippen LogP contribution in [0.4, 0.5) is 0 Å². The second-order valence-electron chi connectivity index (χ2n) is 3.37. The fourth-order valence-corrected chi connectivity index (χ4v) is 10.1. The molecule has 0 spiro atoms.